The lowest BCUT2D eigenvalue weighted by atomic mass is 9.71. The maximum absolute atomic E-state index is 13.7. The second-order valence-electron chi connectivity index (χ2n) is 14.3. The first kappa shape index (κ1) is 31.6. The summed E-state index contributed by atoms with van der Waals surface area (Å²) in [7, 11) is 0. The normalized spacial score (nSPS) is 17.8. The molecule has 4 nitrogen and oxygen atoms in total. The Kier molecular flexibility index (Phi) is 7.36. The molecule has 0 radical (unpaired) electrons. The molecule has 0 amide bonds. The van der Waals surface area contributed by atoms with E-state index in [0.717, 1.165) is 43.1 Å². The fraction of sp³-hybridized carbons (Fsp3) is 0.149. The molecule has 51 heavy (non-hydrogen) atoms. The summed E-state index contributed by atoms with van der Waals surface area (Å²) in [5.41, 5.74) is -0.930. The monoisotopic (exact) mass is 666 g/mol. The van der Waals surface area contributed by atoms with Crippen LogP contribution in [0, 0.1) is 0 Å². The van der Waals surface area contributed by atoms with Crippen LogP contribution in [0.25, 0.3) is 43.1 Å². The van der Waals surface area contributed by atoms with Crippen LogP contribution in [0.5, 0.6) is 0 Å². The van der Waals surface area contributed by atoms with Gasteiger partial charge in [-0.15, -0.1) is 0 Å². The topological polar surface area (TPSA) is 58.9 Å². The van der Waals surface area contributed by atoms with Gasteiger partial charge in [0, 0.05) is 0 Å². The smallest absolute Gasteiger partial charge is 0.164 e. The lowest BCUT2D eigenvalue weighted by Crippen LogP contribution is -2.55. The number of hydrogen-bond acceptors (Lipinski definition) is 4. The number of benzene rings is 8. The van der Waals surface area contributed by atoms with Crippen LogP contribution in [0.1, 0.15) is 36.1 Å². The van der Waals surface area contributed by atoms with E-state index in [0.29, 0.717) is 22.3 Å². The minimum atomic E-state index is -1.76. The molecule has 1 fully saturated rings. The van der Waals surface area contributed by atoms with Crippen molar-refractivity contribution in [2.24, 2.45) is 0 Å². The Balaban J connectivity index is 1.32. The predicted molar refractivity (Wildman–Crippen MR) is 206 cm³/mol. The molecule has 2 atom stereocenters. The van der Waals surface area contributed by atoms with Crippen molar-refractivity contribution in [2.45, 2.75) is 43.0 Å². The van der Waals surface area contributed by atoms with Crippen molar-refractivity contribution >= 4 is 43.1 Å². The van der Waals surface area contributed by atoms with Crippen LogP contribution in [0.4, 0.5) is 0 Å². The van der Waals surface area contributed by atoms with Crippen LogP contribution in [-0.4, -0.2) is 28.2 Å². The summed E-state index contributed by atoms with van der Waals surface area (Å²) < 4.78 is 13.8. The molecule has 0 saturated carbocycles. The highest BCUT2D eigenvalue weighted by Gasteiger charge is 2.61. The van der Waals surface area contributed by atoms with Gasteiger partial charge in [0.05, 0.1) is 0 Å². The van der Waals surface area contributed by atoms with Crippen molar-refractivity contribution in [1.29, 1.82) is 0 Å². The fourth-order valence-corrected chi connectivity index (χ4v) is 8.07. The van der Waals surface area contributed by atoms with Crippen molar-refractivity contribution in [3.05, 3.63) is 192 Å². The number of ether oxygens (including phenoxy) is 2. The van der Waals surface area contributed by atoms with Crippen molar-refractivity contribution in [1.82, 2.24) is 0 Å². The van der Waals surface area contributed by atoms with Crippen LogP contribution < -0.4 is 0 Å². The molecule has 0 spiro atoms. The summed E-state index contributed by atoms with van der Waals surface area (Å²) in [6.07, 6.45) is -2.12. The molecule has 0 aliphatic carbocycles. The van der Waals surface area contributed by atoms with Gasteiger partial charge < -0.3 is 19.7 Å². The van der Waals surface area contributed by atoms with Gasteiger partial charge in [-0.25, -0.2) is 0 Å². The summed E-state index contributed by atoms with van der Waals surface area (Å²) in [4.78, 5) is 0. The minimum Gasteiger partial charge on any atom is -0.378 e. The van der Waals surface area contributed by atoms with E-state index < -0.39 is 29.2 Å². The van der Waals surface area contributed by atoms with Gasteiger partial charge in [0.2, 0.25) is 0 Å². The van der Waals surface area contributed by atoms with Crippen LogP contribution in [0.3, 0.4) is 0 Å². The predicted octanol–water partition coefficient (Wildman–Crippen LogP) is 9.99. The van der Waals surface area contributed by atoms with Crippen LogP contribution in [0.2, 0.25) is 0 Å². The van der Waals surface area contributed by atoms with Gasteiger partial charge in [0.25, 0.3) is 0 Å². The largest absolute Gasteiger partial charge is 0.378 e. The van der Waals surface area contributed by atoms with Gasteiger partial charge in [-0.3, -0.25) is 0 Å². The fourth-order valence-electron chi connectivity index (χ4n) is 8.07. The molecule has 1 aliphatic heterocycles. The SMILES string of the molecule is CC1(C)OC(C(O)(c2ccc3ccccc3c2)c2ccc3ccccc3c2)[C@H](C(O)(c2ccc3ccccc3c2)c2ccc3ccccc3c2)O1. The average molecular weight is 667 g/mol. The molecule has 9 rings (SSSR count). The zero-order valence-corrected chi connectivity index (χ0v) is 28.5. The first-order valence-electron chi connectivity index (χ1n) is 17.5. The molecule has 8 aromatic carbocycles. The zero-order chi connectivity index (χ0) is 34.8. The highest BCUT2D eigenvalue weighted by Crippen LogP contribution is 2.51. The Hall–Kier alpha value is -5.36. The zero-order valence-electron chi connectivity index (χ0n) is 28.5. The maximum atomic E-state index is 13.7. The van der Waals surface area contributed by atoms with E-state index in [9.17, 15) is 10.2 Å². The third-order valence-corrected chi connectivity index (χ3v) is 10.7. The summed E-state index contributed by atoms with van der Waals surface area (Å²) in [6.45, 7) is 3.70. The number of aliphatic hydroxyl groups is 2. The van der Waals surface area contributed by atoms with Crippen LogP contribution in [0.15, 0.2) is 170 Å². The lowest BCUT2D eigenvalue weighted by molar-refractivity contribution is -0.172. The Morgan fingerprint density at radius 1 is 0.373 bits per heavy atom. The van der Waals surface area contributed by atoms with Gasteiger partial charge in [-0.05, 0) is 103 Å². The van der Waals surface area contributed by atoms with Crippen molar-refractivity contribution in [2.75, 3.05) is 0 Å². The van der Waals surface area contributed by atoms with Gasteiger partial charge in [-0.1, -0.05) is 146 Å². The van der Waals surface area contributed by atoms with E-state index >= 15 is 0 Å². The van der Waals surface area contributed by atoms with Gasteiger partial charge >= 0.3 is 0 Å². The van der Waals surface area contributed by atoms with E-state index in [1.54, 1.807) is 0 Å². The standard InChI is InChI=1S/C47H38O4/c1-45(2)50-43(46(48,39-23-19-31-11-3-7-15-35(31)27-39)40-24-20-32-12-4-8-16-36(32)28-40)44(51-45)47(49,41-25-21-33-13-5-9-17-37(33)29-41)42-26-22-34-14-6-10-18-38(34)30-42/h3-30,43-44,48-49H,1-2H3/t43-,44?/m1/s1. The minimum absolute atomic E-state index is 0.646. The average Bonchev–Trinajstić information content (AvgIpc) is 3.52. The van der Waals surface area contributed by atoms with Gasteiger partial charge in [0.1, 0.15) is 23.4 Å². The quantitative estimate of drug-likeness (QED) is 0.186. The number of rotatable bonds is 6. The molecule has 1 unspecified atom stereocenters. The van der Waals surface area contributed by atoms with Crippen molar-refractivity contribution in [3.8, 4) is 0 Å². The molecular formula is C47H38O4. The van der Waals surface area contributed by atoms with E-state index in [4.69, 9.17) is 9.47 Å². The Morgan fingerprint density at radius 2 is 0.608 bits per heavy atom. The number of fused-ring (bicyclic) bond motifs is 4. The summed E-state index contributed by atoms with van der Waals surface area (Å²) in [5.74, 6) is -1.15. The van der Waals surface area contributed by atoms with Gasteiger partial charge in [-0.2, -0.15) is 0 Å². The molecule has 0 aromatic heterocycles. The Morgan fingerprint density at radius 3 is 0.863 bits per heavy atom. The Labute approximate surface area is 297 Å². The highest BCUT2D eigenvalue weighted by molar-refractivity contribution is 5.87. The van der Waals surface area contributed by atoms with Crippen LogP contribution >= 0.6 is 0 Å². The summed E-state index contributed by atoms with van der Waals surface area (Å²) in [6, 6.07) is 56.6. The third kappa shape index (κ3) is 5.22. The second-order valence-corrected chi connectivity index (χ2v) is 14.3. The van der Waals surface area contributed by atoms with Crippen molar-refractivity contribution < 1.29 is 19.7 Å². The molecule has 0 bridgehead atoms. The van der Waals surface area contributed by atoms with Crippen molar-refractivity contribution in [3.63, 3.8) is 0 Å². The molecular weight excluding hydrogens is 629 g/mol. The van der Waals surface area contributed by atoms with E-state index in [1.165, 1.54) is 0 Å². The lowest BCUT2D eigenvalue weighted by Gasteiger charge is -2.43. The van der Waals surface area contributed by atoms with Crippen LogP contribution in [-0.2, 0) is 20.7 Å². The Bertz CT molecular complexity index is 2250. The molecule has 250 valence electrons. The van der Waals surface area contributed by atoms with Gasteiger partial charge in [0.15, 0.2) is 5.79 Å². The highest BCUT2D eigenvalue weighted by atomic mass is 16.8. The maximum Gasteiger partial charge on any atom is 0.164 e. The van der Waals surface area contributed by atoms with E-state index in [2.05, 4.69) is 24.3 Å². The first-order valence-corrected chi connectivity index (χ1v) is 17.5. The molecule has 8 aromatic rings. The number of hydrogen-bond donors (Lipinski definition) is 2. The molecule has 4 heteroatoms. The first-order chi connectivity index (χ1) is 24.7. The van der Waals surface area contributed by atoms with E-state index in [-0.39, 0.29) is 0 Å². The van der Waals surface area contributed by atoms with E-state index in [1.807, 2.05) is 159 Å². The summed E-state index contributed by atoms with van der Waals surface area (Å²) >= 11 is 0. The molecule has 2 N–H and O–H groups in total. The molecule has 1 aliphatic rings. The summed E-state index contributed by atoms with van der Waals surface area (Å²) in [5, 5.41) is 35.5. The third-order valence-electron chi connectivity index (χ3n) is 10.7. The molecule has 1 saturated heterocycles. The molecule has 1 heterocycles. The second kappa shape index (κ2) is 11.9.